The monoisotopic (exact) mass is 237 g/mol. The van der Waals surface area contributed by atoms with Crippen LogP contribution in [0.15, 0.2) is 12.4 Å². The maximum absolute atomic E-state index is 5.84. The smallest absolute Gasteiger partial charge is 0.110 e. The van der Waals surface area contributed by atoms with Crippen LogP contribution in [-0.4, -0.2) is 35.4 Å². The van der Waals surface area contributed by atoms with Crippen LogP contribution >= 0.6 is 0 Å². The Morgan fingerprint density at radius 3 is 2.71 bits per heavy atom. The van der Waals surface area contributed by atoms with Crippen LogP contribution in [0.2, 0.25) is 0 Å². The maximum atomic E-state index is 5.84. The molecule has 1 heterocycles. The number of aryl methyl sites for hydroxylation is 1. The zero-order valence-corrected chi connectivity index (χ0v) is 11.1. The Hall–Kier alpha value is -0.870. The van der Waals surface area contributed by atoms with Crippen molar-refractivity contribution in [2.45, 2.75) is 43.7 Å². The lowest BCUT2D eigenvalue weighted by molar-refractivity contribution is -0.0342. The molecule has 0 bridgehead atoms. The molecule has 1 aliphatic rings. The van der Waals surface area contributed by atoms with Gasteiger partial charge in [0, 0.05) is 39.0 Å². The summed E-state index contributed by atoms with van der Waals surface area (Å²) in [6.45, 7) is 0. The van der Waals surface area contributed by atoms with E-state index < -0.39 is 0 Å². The predicted octanol–water partition coefficient (Wildman–Crippen LogP) is 1.51. The van der Waals surface area contributed by atoms with Crippen LogP contribution in [0.25, 0.3) is 0 Å². The van der Waals surface area contributed by atoms with Crippen LogP contribution in [0.4, 0.5) is 0 Å². The topological polar surface area (TPSA) is 39.1 Å². The third-order valence-corrected chi connectivity index (χ3v) is 4.15. The van der Waals surface area contributed by atoms with Crippen molar-refractivity contribution in [3.8, 4) is 0 Å². The summed E-state index contributed by atoms with van der Waals surface area (Å²) in [6.07, 6.45) is 9.62. The summed E-state index contributed by atoms with van der Waals surface area (Å²) >= 11 is 0. The van der Waals surface area contributed by atoms with Gasteiger partial charge in [-0.15, -0.1) is 0 Å². The number of nitrogens with one attached hydrogen (secondary N) is 1. The number of methoxy groups -OCH3 is 1. The summed E-state index contributed by atoms with van der Waals surface area (Å²) in [7, 11) is 5.91. The molecule has 1 N–H and O–H groups in total. The van der Waals surface area contributed by atoms with Crippen molar-refractivity contribution >= 4 is 0 Å². The molecule has 0 saturated heterocycles. The summed E-state index contributed by atoms with van der Waals surface area (Å²) < 4.78 is 7.93. The third-order valence-electron chi connectivity index (χ3n) is 4.15. The van der Waals surface area contributed by atoms with E-state index >= 15 is 0 Å². The van der Waals surface area contributed by atoms with E-state index in [9.17, 15) is 0 Å². The molecule has 1 fully saturated rings. The molecule has 17 heavy (non-hydrogen) atoms. The number of likely N-dealkylation sites (N-methyl/N-ethyl adjacent to an activating group) is 1. The molecule has 0 radical (unpaired) electrons. The molecule has 1 aromatic heterocycles. The third kappa shape index (κ3) is 2.38. The molecule has 1 saturated carbocycles. The Balaban J connectivity index is 2.13. The van der Waals surface area contributed by atoms with Crippen molar-refractivity contribution in [2.24, 2.45) is 7.05 Å². The van der Waals surface area contributed by atoms with Crippen LogP contribution < -0.4 is 5.32 Å². The summed E-state index contributed by atoms with van der Waals surface area (Å²) in [4.78, 5) is 4.41. The average molecular weight is 237 g/mol. The number of imidazole rings is 1. The van der Waals surface area contributed by atoms with Gasteiger partial charge >= 0.3 is 0 Å². The lowest BCUT2D eigenvalue weighted by Gasteiger charge is -2.36. The molecule has 2 rings (SSSR count). The van der Waals surface area contributed by atoms with Gasteiger partial charge in [0.2, 0.25) is 0 Å². The lowest BCUT2D eigenvalue weighted by Crippen LogP contribution is -2.50. The fourth-order valence-corrected chi connectivity index (χ4v) is 3.00. The molecule has 96 valence electrons. The molecule has 0 aliphatic heterocycles. The second kappa shape index (κ2) is 5.19. The fourth-order valence-electron chi connectivity index (χ4n) is 3.00. The first-order chi connectivity index (χ1) is 8.22. The van der Waals surface area contributed by atoms with Crippen molar-refractivity contribution in [3.05, 3.63) is 18.2 Å². The van der Waals surface area contributed by atoms with Crippen molar-refractivity contribution < 1.29 is 4.74 Å². The lowest BCUT2D eigenvalue weighted by atomic mass is 9.89. The van der Waals surface area contributed by atoms with Gasteiger partial charge in [-0.05, 0) is 19.9 Å². The first-order valence-corrected chi connectivity index (χ1v) is 6.40. The predicted molar refractivity (Wildman–Crippen MR) is 68.0 cm³/mol. The number of nitrogens with zero attached hydrogens (tertiary/aromatic N) is 2. The minimum absolute atomic E-state index is 0.000694. The minimum atomic E-state index is 0.000694. The van der Waals surface area contributed by atoms with E-state index in [2.05, 4.69) is 14.9 Å². The number of rotatable bonds is 5. The van der Waals surface area contributed by atoms with Crippen LogP contribution in [0.3, 0.4) is 0 Å². The molecule has 4 heteroatoms. The Bertz CT molecular complexity index is 355. The molecule has 1 atom stereocenters. The zero-order chi connectivity index (χ0) is 12.3. The summed E-state index contributed by atoms with van der Waals surface area (Å²) in [5.41, 5.74) is 0.000694. The Morgan fingerprint density at radius 1 is 1.53 bits per heavy atom. The zero-order valence-electron chi connectivity index (χ0n) is 11.1. The van der Waals surface area contributed by atoms with E-state index in [4.69, 9.17) is 4.74 Å². The maximum Gasteiger partial charge on any atom is 0.110 e. The van der Waals surface area contributed by atoms with E-state index in [0.29, 0.717) is 6.04 Å². The molecule has 1 unspecified atom stereocenters. The van der Waals surface area contributed by atoms with Crippen molar-refractivity contribution in [1.29, 1.82) is 0 Å². The van der Waals surface area contributed by atoms with Crippen LogP contribution in [0.5, 0.6) is 0 Å². The van der Waals surface area contributed by atoms with E-state index in [1.807, 2.05) is 33.6 Å². The van der Waals surface area contributed by atoms with Gasteiger partial charge in [0.15, 0.2) is 0 Å². The molecule has 1 aliphatic carbocycles. The van der Waals surface area contributed by atoms with E-state index in [1.165, 1.54) is 12.8 Å². The van der Waals surface area contributed by atoms with E-state index in [1.54, 1.807) is 0 Å². The van der Waals surface area contributed by atoms with E-state index in [0.717, 1.165) is 25.1 Å². The highest BCUT2D eigenvalue weighted by atomic mass is 16.5. The molecule has 0 aromatic carbocycles. The van der Waals surface area contributed by atoms with Gasteiger partial charge in [-0.3, -0.25) is 0 Å². The molecular formula is C13H23N3O. The Kier molecular flexibility index (Phi) is 3.84. The normalized spacial score (nSPS) is 20.6. The van der Waals surface area contributed by atoms with Gasteiger partial charge in [0.25, 0.3) is 0 Å². The summed E-state index contributed by atoms with van der Waals surface area (Å²) in [5, 5.41) is 3.42. The van der Waals surface area contributed by atoms with Gasteiger partial charge in [-0.25, -0.2) is 4.98 Å². The number of hydrogen-bond donors (Lipinski definition) is 1. The Morgan fingerprint density at radius 2 is 2.24 bits per heavy atom. The quantitative estimate of drug-likeness (QED) is 0.843. The van der Waals surface area contributed by atoms with Gasteiger partial charge in [0.1, 0.15) is 5.82 Å². The number of aromatic nitrogens is 2. The minimum Gasteiger partial charge on any atom is -0.377 e. The van der Waals surface area contributed by atoms with E-state index in [-0.39, 0.29) is 5.60 Å². The highest BCUT2D eigenvalue weighted by Crippen LogP contribution is 2.36. The summed E-state index contributed by atoms with van der Waals surface area (Å²) in [5.74, 6) is 1.12. The van der Waals surface area contributed by atoms with Crippen molar-refractivity contribution in [2.75, 3.05) is 14.2 Å². The van der Waals surface area contributed by atoms with Gasteiger partial charge in [-0.1, -0.05) is 12.8 Å². The number of ether oxygens (including phenoxy) is 1. The summed E-state index contributed by atoms with van der Waals surface area (Å²) in [6, 6.07) is 0.344. The fraction of sp³-hybridized carbons (Fsp3) is 0.769. The first kappa shape index (κ1) is 12.6. The molecular weight excluding hydrogens is 214 g/mol. The molecule has 1 aromatic rings. The highest BCUT2D eigenvalue weighted by molar-refractivity contribution is 5.03. The van der Waals surface area contributed by atoms with Crippen LogP contribution in [0, 0.1) is 0 Å². The van der Waals surface area contributed by atoms with Crippen molar-refractivity contribution in [1.82, 2.24) is 14.9 Å². The van der Waals surface area contributed by atoms with Crippen LogP contribution in [0.1, 0.15) is 31.5 Å². The number of hydrogen-bond acceptors (Lipinski definition) is 3. The Labute approximate surface area is 103 Å². The van der Waals surface area contributed by atoms with Gasteiger partial charge in [0.05, 0.1) is 5.60 Å². The average Bonchev–Trinajstić information content (AvgIpc) is 2.96. The molecule has 4 nitrogen and oxygen atoms in total. The first-order valence-electron chi connectivity index (χ1n) is 6.40. The molecule has 0 spiro atoms. The largest absolute Gasteiger partial charge is 0.377 e. The molecule has 0 amide bonds. The van der Waals surface area contributed by atoms with Crippen LogP contribution in [-0.2, 0) is 18.2 Å². The standard InChI is InChI=1S/C13H23N3O/c1-14-11(10-12-15-8-9-16(12)2)13(17-3)6-4-5-7-13/h8-9,11,14H,4-7,10H2,1-3H3. The van der Waals surface area contributed by atoms with Gasteiger partial charge < -0.3 is 14.6 Å². The SMILES string of the molecule is CNC(Cc1nccn1C)C1(OC)CCCC1. The highest BCUT2D eigenvalue weighted by Gasteiger charge is 2.41. The second-order valence-corrected chi connectivity index (χ2v) is 4.98. The van der Waals surface area contributed by atoms with Crippen molar-refractivity contribution in [3.63, 3.8) is 0 Å². The van der Waals surface area contributed by atoms with Gasteiger partial charge in [-0.2, -0.15) is 0 Å². The second-order valence-electron chi connectivity index (χ2n) is 4.98.